The van der Waals surface area contributed by atoms with Gasteiger partial charge in [0.05, 0.1) is 21.3 Å². The number of hydrogen-bond acceptors (Lipinski definition) is 4. The highest BCUT2D eigenvalue weighted by molar-refractivity contribution is 7.85. The van der Waals surface area contributed by atoms with Crippen LogP contribution in [0.4, 0.5) is 5.69 Å². The molecule has 0 aliphatic heterocycles. The number of nitrogens with one attached hydrogen (secondary N) is 1. The predicted octanol–water partition coefficient (Wildman–Crippen LogP) is 3.65. The molecule has 2 aromatic carbocycles. The van der Waals surface area contributed by atoms with E-state index in [2.05, 4.69) is 5.32 Å². The molecule has 1 amide bonds. The molecule has 0 unspecified atom stereocenters. The van der Waals surface area contributed by atoms with E-state index < -0.39 is 28.8 Å². The van der Waals surface area contributed by atoms with Crippen LogP contribution in [0.2, 0.25) is 5.02 Å². The lowest BCUT2D eigenvalue weighted by atomic mass is 10.2. The molecule has 132 valence electrons. The highest BCUT2D eigenvalue weighted by Crippen LogP contribution is 2.17. The second-order valence-electron chi connectivity index (χ2n) is 5.17. The number of ether oxygens (including phenoxy) is 1. The van der Waals surface area contributed by atoms with Crippen molar-refractivity contribution in [3.63, 3.8) is 0 Å². The van der Waals surface area contributed by atoms with E-state index in [1.165, 1.54) is 13.0 Å². The second kappa shape index (κ2) is 8.78. The van der Waals surface area contributed by atoms with E-state index in [0.29, 0.717) is 21.4 Å². The van der Waals surface area contributed by atoms with Gasteiger partial charge in [0.25, 0.3) is 5.91 Å². The van der Waals surface area contributed by atoms with Crippen molar-refractivity contribution in [1.29, 1.82) is 0 Å². The van der Waals surface area contributed by atoms with Gasteiger partial charge in [0, 0.05) is 16.5 Å². The van der Waals surface area contributed by atoms with Crippen LogP contribution in [0.15, 0.2) is 53.4 Å². The summed E-state index contributed by atoms with van der Waals surface area (Å²) in [6.45, 7) is 3.24. The third-order valence-corrected chi connectivity index (χ3v) is 5.00. The largest absolute Gasteiger partial charge is 0.449 e. The molecule has 0 heterocycles. The Morgan fingerprint density at radius 2 is 1.80 bits per heavy atom. The van der Waals surface area contributed by atoms with Gasteiger partial charge in [0.1, 0.15) is 0 Å². The normalized spacial score (nSPS) is 12.9. The Morgan fingerprint density at radius 3 is 2.44 bits per heavy atom. The molecule has 0 bridgehead atoms. The Bertz CT molecular complexity index is 792. The number of rotatable bonds is 6. The molecule has 7 heteroatoms. The van der Waals surface area contributed by atoms with E-state index in [-0.39, 0.29) is 5.56 Å². The first-order chi connectivity index (χ1) is 11.9. The number of amides is 1. The molecule has 0 aromatic heterocycles. The van der Waals surface area contributed by atoms with Crippen molar-refractivity contribution in [3.8, 4) is 0 Å². The molecule has 0 spiro atoms. The Hall–Kier alpha value is -2.18. The zero-order valence-corrected chi connectivity index (χ0v) is 15.4. The van der Waals surface area contributed by atoms with Gasteiger partial charge in [-0.05, 0) is 43.3 Å². The van der Waals surface area contributed by atoms with Gasteiger partial charge in [-0.25, -0.2) is 4.79 Å². The van der Waals surface area contributed by atoms with Crippen molar-refractivity contribution >= 4 is 40.0 Å². The number of hydrogen-bond donors (Lipinski definition) is 1. The fraction of sp³-hybridized carbons (Fsp3) is 0.222. The molecule has 0 saturated carbocycles. The predicted molar refractivity (Wildman–Crippen MR) is 98.4 cm³/mol. The van der Waals surface area contributed by atoms with Crippen molar-refractivity contribution in [3.05, 3.63) is 59.1 Å². The van der Waals surface area contributed by atoms with E-state index in [0.717, 1.165) is 0 Å². The van der Waals surface area contributed by atoms with E-state index in [1.54, 1.807) is 49.4 Å². The van der Waals surface area contributed by atoms with Gasteiger partial charge in [0.15, 0.2) is 6.10 Å². The quantitative estimate of drug-likeness (QED) is 0.777. The minimum atomic E-state index is -1.30. The molecule has 0 aliphatic carbocycles. The van der Waals surface area contributed by atoms with Gasteiger partial charge < -0.3 is 10.1 Å². The number of carbonyl (C=O) groups is 2. The van der Waals surface area contributed by atoms with E-state index in [9.17, 15) is 13.8 Å². The standard InChI is InChI=1S/C18H18ClNO4S/c1-3-25(23)16-7-5-4-6-15(16)18(22)24-12(2)17(21)20-14-10-8-13(19)9-11-14/h4-12H,3H2,1-2H3,(H,20,21)/t12-,25+/m1/s1. The summed E-state index contributed by atoms with van der Waals surface area (Å²) >= 11 is 5.79. The number of carbonyl (C=O) groups excluding carboxylic acids is 2. The maximum Gasteiger partial charge on any atom is 0.340 e. The molecule has 0 radical (unpaired) electrons. The van der Waals surface area contributed by atoms with Crippen LogP contribution in [0.1, 0.15) is 24.2 Å². The number of halogens is 1. The summed E-state index contributed by atoms with van der Waals surface area (Å²) in [5, 5.41) is 3.19. The SMILES string of the molecule is CC[S@](=O)c1ccccc1C(=O)O[C@H](C)C(=O)Nc1ccc(Cl)cc1. The van der Waals surface area contributed by atoms with Crippen LogP contribution in [0, 0.1) is 0 Å². The Kier molecular flexibility index (Phi) is 6.73. The van der Waals surface area contributed by atoms with Crippen molar-refractivity contribution in [1.82, 2.24) is 0 Å². The van der Waals surface area contributed by atoms with Crippen molar-refractivity contribution < 1.29 is 18.5 Å². The van der Waals surface area contributed by atoms with Gasteiger partial charge in [-0.15, -0.1) is 0 Å². The summed E-state index contributed by atoms with van der Waals surface area (Å²) in [7, 11) is -1.30. The van der Waals surface area contributed by atoms with Crippen LogP contribution in [-0.2, 0) is 20.3 Å². The van der Waals surface area contributed by atoms with Crippen LogP contribution < -0.4 is 5.32 Å². The Labute approximate surface area is 153 Å². The molecule has 2 atom stereocenters. The number of anilines is 1. The smallest absolute Gasteiger partial charge is 0.340 e. The van der Waals surface area contributed by atoms with Gasteiger partial charge in [-0.1, -0.05) is 30.7 Å². The first-order valence-electron chi connectivity index (χ1n) is 7.67. The first kappa shape index (κ1) is 19.1. The van der Waals surface area contributed by atoms with Gasteiger partial charge in [-0.3, -0.25) is 9.00 Å². The lowest BCUT2D eigenvalue weighted by molar-refractivity contribution is -0.123. The molecule has 2 aromatic rings. The molecule has 0 aliphatic rings. The number of benzene rings is 2. The van der Waals surface area contributed by atoms with Gasteiger partial charge in [0.2, 0.25) is 0 Å². The van der Waals surface area contributed by atoms with Crippen LogP contribution in [0.5, 0.6) is 0 Å². The van der Waals surface area contributed by atoms with Crippen molar-refractivity contribution in [2.45, 2.75) is 24.8 Å². The van der Waals surface area contributed by atoms with Crippen LogP contribution in [0.3, 0.4) is 0 Å². The fourth-order valence-electron chi connectivity index (χ4n) is 2.04. The third kappa shape index (κ3) is 5.14. The summed E-state index contributed by atoms with van der Waals surface area (Å²) in [5.74, 6) is -0.766. The van der Waals surface area contributed by atoms with Crippen molar-refractivity contribution in [2.24, 2.45) is 0 Å². The van der Waals surface area contributed by atoms with Crippen LogP contribution in [-0.4, -0.2) is 27.9 Å². The summed E-state index contributed by atoms with van der Waals surface area (Å²) in [6, 6.07) is 13.1. The maximum atomic E-state index is 12.3. The van der Waals surface area contributed by atoms with Crippen LogP contribution >= 0.6 is 11.6 Å². The van der Waals surface area contributed by atoms with E-state index in [1.807, 2.05) is 0 Å². The molecule has 0 fully saturated rings. The first-order valence-corrected chi connectivity index (χ1v) is 9.37. The molecule has 0 saturated heterocycles. The molecular formula is C18H18ClNO4S. The average molecular weight is 380 g/mol. The van der Waals surface area contributed by atoms with Crippen LogP contribution in [0.25, 0.3) is 0 Å². The molecule has 25 heavy (non-hydrogen) atoms. The van der Waals surface area contributed by atoms with E-state index in [4.69, 9.17) is 16.3 Å². The third-order valence-electron chi connectivity index (χ3n) is 3.38. The van der Waals surface area contributed by atoms with Crippen molar-refractivity contribution in [2.75, 3.05) is 11.1 Å². The zero-order chi connectivity index (χ0) is 18.4. The maximum absolute atomic E-state index is 12.3. The highest BCUT2D eigenvalue weighted by atomic mass is 35.5. The summed E-state index contributed by atoms with van der Waals surface area (Å²) < 4.78 is 17.3. The van der Waals surface area contributed by atoms with E-state index >= 15 is 0 Å². The Morgan fingerprint density at radius 1 is 1.16 bits per heavy atom. The Balaban J connectivity index is 2.06. The van der Waals surface area contributed by atoms with Gasteiger partial charge >= 0.3 is 5.97 Å². The molecule has 1 N–H and O–H groups in total. The van der Waals surface area contributed by atoms with Gasteiger partial charge in [-0.2, -0.15) is 0 Å². The monoisotopic (exact) mass is 379 g/mol. The minimum Gasteiger partial charge on any atom is -0.449 e. The zero-order valence-electron chi connectivity index (χ0n) is 13.8. The lowest BCUT2D eigenvalue weighted by Crippen LogP contribution is -2.30. The molecule has 5 nitrogen and oxygen atoms in total. The summed E-state index contributed by atoms with van der Waals surface area (Å²) in [4.78, 5) is 24.9. The fourth-order valence-corrected chi connectivity index (χ4v) is 3.11. The minimum absolute atomic E-state index is 0.203. The number of esters is 1. The topological polar surface area (TPSA) is 72.5 Å². The lowest BCUT2D eigenvalue weighted by Gasteiger charge is -2.15. The molecular weight excluding hydrogens is 362 g/mol. The second-order valence-corrected chi connectivity index (χ2v) is 7.32. The molecule has 2 rings (SSSR count). The summed E-state index contributed by atoms with van der Waals surface area (Å²) in [6.07, 6.45) is -1.01. The average Bonchev–Trinajstić information content (AvgIpc) is 2.62. The summed E-state index contributed by atoms with van der Waals surface area (Å²) in [5.41, 5.74) is 0.749. The highest BCUT2D eigenvalue weighted by Gasteiger charge is 2.22.